The number of likely N-dealkylation sites (tertiary alicyclic amines) is 1. The highest BCUT2D eigenvalue weighted by Crippen LogP contribution is 2.32. The number of nitrogens with zero attached hydrogens (tertiary/aromatic N) is 5. The molecule has 0 N–H and O–H groups in total. The quantitative estimate of drug-likeness (QED) is 0.824. The van der Waals surface area contributed by atoms with E-state index in [2.05, 4.69) is 20.0 Å². The number of nitriles is 1. The Bertz CT molecular complexity index is 801. The first kappa shape index (κ1) is 17.4. The van der Waals surface area contributed by atoms with Crippen LogP contribution < -0.4 is 4.90 Å². The Hall–Kier alpha value is -2.04. The maximum atomic E-state index is 13.5. The number of hydrogen-bond acceptors (Lipinski definition) is 6. The number of anilines is 1. The van der Waals surface area contributed by atoms with Crippen LogP contribution in [0.5, 0.6) is 0 Å². The van der Waals surface area contributed by atoms with Crippen LogP contribution in [0.3, 0.4) is 0 Å². The SMILES string of the molecule is N#Cc1cc(-c2nnc(N3CCC(N4CCCCC4)CC3)s2)ccc1F. The van der Waals surface area contributed by atoms with Gasteiger partial charge in [0.05, 0.1) is 5.56 Å². The summed E-state index contributed by atoms with van der Waals surface area (Å²) in [5.74, 6) is -0.499. The van der Waals surface area contributed by atoms with Gasteiger partial charge in [0.15, 0.2) is 0 Å². The number of halogens is 1. The zero-order chi connectivity index (χ0) is 17.9. The van der Waals surface area contributed by atoms with Crippen molar-refractivity contribution >= 4 is 16.5 Å². The monoisotopic (exact) mass is 371 g/mol. The zero-order valence-electron chi connectivity index (χ0n) is 14.7. The van der Waals surface area contributed by atoms with Crippen molar-refractivity contribution in [1.29, 1.82) is 5.26 Å². The first-order valence-corrected chi connectivity index (χ1v) is 10.1. The van der Waals surface area contributed by atoms with Crippen LogP contribution >= 0.6 is 11.3 Å². The lowest BCUT2D eigenvalue weighted by molar-refractivity contribution is 0.141. The third-order valence-corrected chi connectivity index (χ3v) is 6.42. The van der Waals surface area contributed by atoms with E-state index in [0.717, 1.165) is 28.8 Å². The topological polar surface area (TPSA) is 56.1 Å². The van der Waals surface area contributed by atoms with Gasteiger partial charge in [-0.1, -0.05) is 17.8 Å². The van der Waals surface area contributed by atoms with Gasteiger partial charge in [0, 0.05) is 24.7 Å². The summed E-state index contributed by atoms with van der Waals surface area (Å²) in [6.07, 6.45) is 6.39. The molecule has 0 radical (unpaired) electrons. The first-order chi connectivity index (χ1) is 12.7. The molecule has 2 fully saturated rings. The lowest BCUT2D eigenvalue weighted by Crippen LogP contribution is -2.46. The molecule has 136 valence electrons. The van der Waals surface area contributed by atoms with Crippen LogP contribution in [0.2, 0.25) is 0 Å². The summed E-state index contributed by atoms with van der Waals surface area (Å²) >= 11 is 1.51. The maximum Gasteiger partial charge on any atom is 0.208 e. The summed E-state index contributed by atoms with van der Waals surface area (Å²) in [5.41, 5.74) is 0.788. The molecular formula is C19H22FN5S. The lowest BCUT2D eigenvalue weighted by atomic mass is 10.0. The van der Waals surface area contributed by atoms with Crippen molar-refractivity contribution in [3.63, 3.8) is 0 Å². The molecular weight excluding hydrogens is 349 g/mol. The number of piperidine rings is 2. The highest BCUT2D eigenvalue weighted by atomic mass is 32.1. The van der Waals surface area contributed by atoms with E-state index in [1.165, 1.54) is 62.6 Å². The Morgan fingerprint density at radius 3 is 2.58 bits per heavy atom. The number of benzene rings is 1. The molecule has 5 nitrogen and oxygen atoms in total. The van der Waals surface area contributed by atoms with Gasteiger partial charge >= 0.3 is 0 Å². The molecule has 0 saturated carbocycles. The van der Waals surface area contributed by atoms with E-state index in [-0.39, 0.29) is 5.56 Å². The zero-order valence-corrected chi connectivity index (χ0v) is 15.5. The Morgan fingerprint density at radius 2 is 1.85 bits per heavy atom. The van der Waals surface area contributed by atoms with E-state index in [9.17, 15) is 4.39 Å². The number of rotatable bonds is 3. The predicted octanol–water partition coefficient (Wildman–Crippen LogP) is 3.67. The largest absolute Gasteiger partial charge is 0.347 e. The molecule has 0 unspecified atom stereocenters. The standard InChI is InChI=1S/C19H22FN5S/c20-17-5-4-14(12-15(17)13-21)18-22-23-19(26-18)25-10-6-16(7-11-25)24-8-2-1-3-9-24/h4-5,12,16H,1-3,6-11H2. The van der Waals surface area contributed by atoms with Gasteiger partial charge in [0.2, 0.25) is 5.13 Å². The van der Waals surface area contributed by atoms with E-state index >= 15 is 0 Å². The highest BCUT2D eigenvalue weighted by molar-refractivity contribution is 7.18. The van der Waals surface area contributed by atoms with Gasteiger partial charge in [-0.3, -0.25) is 0 Å². The van der Waals surface area contributed by atoms with Gasteiger partial charge in [-0.05, 0) is 57.0 Å². The normalized spacial score (nSPS) is 19.5. The van der Waals surface area contributed by atoms with Crippen LogP contribution in [0.25, 0.3) is 10.6 Å². The van der Waals surface area contributed by atoms with Gasteiger partial charge in [0.25, 0.3) is 0 Å². The van der Waals surface area contributed by atoms with Gasteiger partial charge in [-0.25, -0.2) is 4.39 Å². The van der Waals surface area contributed by atoms with Crippen LogP contribution in [0.15, 0.2) is 18.2 Å². The van der Waals surface area contributed by atoms with Gasteiger partial charge in [-0.15, -0.1) is 10.2 Å². The Labute approximate surface area is 157 Å². The van der Waals surface area contributed by atoms with Crippen molar-refractivity contribution in [3.05, 3.63) is 29.6 Å². The average molecular weight is 371 g/mol. The fourth-order valence-electron chi connectivity index (χ4n) is 3.91. The molecule has 0 atom stereocenters. The highest BCUT2D eigenvalue weighted by Gasteiger charge is 2.27. The summed E-state index contributed by atoms with van der Waals surface area (Å²) < 4.78 is 13.5. The summed E-state index contributed by atoms with van der Waals surface area (Å²) in [6, 6.07) is 7.10. The minimum Gasteiger partial charge on any atom is -0.347 e. The minimum atomic E-state index is -0.499. The van der Waals surface area contributed by atoms with Crippen molar-refractivity contribution in [2.24, 2.45) is 0 Å². The van der Waals surface area contributed by atoms with E-state index in [1.54, 1.807) is 12.1 Å². The van der Waals surface area contributed by atoms with Crippen LogP contribution in [-0.4, -0.2) is 47.3 Å². The molecule has 3 heterocycles. The van der Waals surface area contributed by atoms with E-state index in [4.69, 9.17) is 5.26 Å². The molecule has 0 bridgehead atoms. The first-order valence-electron chi connectivity index (χ1n) is 9.27. The van der Waals surface area contributed by atoms with Crippen LogP contribution in [0.1, 0.15) is 37.7 Å². The summed E-state index contributed by atoms with van der Waals surface area (Å²) in [6.45, 7) is 4.50. The molecule has 26 heavy (non-hydrogen) atoms. The second-order valence-electron chi connectivity index (χ2n) is 7.01. The predicted molar refractivity (Wildman–Crippen MR) is 101 cm³/mol. The molecule has 0 spiro atoms. The van der Waals surface area contributed by atoms with Crippen molar-refractivity contribution < 1.29 is 4.39 Å². The second kappa shape index (κ2) is 7.68. The molecule has 7 heteroatoms. The summed E-state index contributed by atoms with van der Waals surface area (Å²) in [7, 11) is 0. The Kier molecular flexibility index (Phi) is 5.14. The molecule has 2 aromatic rings. The van der Waals surface area contributed by atoms with Crippen molar-refractivity contribution in [2.45, 2.75) is 38.1 Å². The van der Waals surface area contributed by atoms with Crippen LogP contribution in [0, 0.1) is 17.1 Å². The Morgan fingerprint density at radius 1 is 1.08 bits per heavy atom. The molecule has 4 rings (SSSR count). The van der Waals surface area contributed by atoms with E-state index in [0.29, 0.717) is 6.04 Å². The number of hydrogen-bond donors (Lipinski definition) is 0. The molecule has 2 aliphatic heterocycles. The maximum absolute atomic E-state index is 13.5. The second-order valence-corrected chi connectivity index (χ2v) is 7.97. The summed E-state index contributed by atoms with van der Waals surface area (Å²) in [4.78, 5) is 4.96. The van der Waals surface area contributed by atoms with Gasteiger partial charge in [-0.2, -0.15) is 5.26 Å². The average Bonchev–Trinajstić information content (AvgIpc) is 3.19. The molecule has 0 amide bonds. The fraction of sp³-hybridized carbons (Fsp3) is 0.526. The van der Waals surface area contributed by atoms with Crippen LogP contribution in [-0.2, 0) is 0 Å². The van der Waals surface area contributed by atoms with Gasteiger partial charge in [0.1, 0.15) is 16.9 Å². The molecule has 1 aromatic carbocycles. The number of aromatic nitrogens is 2. The summed E-state index contributed by atoms with van der Waals surface area (Å²) in [5, 5.41) is 19.2. The lowest BCUT2D eigenvalue weighted by Gasteiger charge is -2.40. The van der Waals surface area contributed by atoms with Crippen molar-refractivity contribution in [1.82, 2.24) is 15.1 Å². The molecule has 0 aliphatic carbocycles. The Balaban J connectivity index is 1.42. The van der Waals surface area contributed by atoms with E-state index in [1.807, 2.05) is 6.07 Å². The third kappa shape index (κ3) is 3.57. The molecule has 2 saturated heterocycles. The van der Waals surface area contributed by atoms with Crippen LogP contribution in [0.4, 0.5) is 9.52 Å². The third-order valence-electron chi connectivity index (χ3n) is 5.39. The smallest absolute Gasteiger partial charge is 0.208 e. The fourth-order valence-corrected chi connectivity index (χ4v) is 4.80. The van der Waals surface area contributed by atoms with Gasteiger partial charge < -0.3 is 9.80 Å². The molecule has 1 aromatic heterocycles. The van der Waals surface area contributed by atoms with E-state index < -0.39 is 5.82 Å². The van der Waals surface area contributed by atoms with Crippen molar-refractivity contribution in [2.75, 3.05) is 31.1 Å². The molecule has 2 aliphatic rings. The minimum absolute atomic E-state index is 0.0431. The van der Waals surface area contributed by atoms with Crippen molar-refractivity contribution in [3.8, 4) is 16.6 Å².